The van der Waals surface area contributed by atoms with E-state index in [1.807, 2.05) is 6.08 Å². The monoisotopic (exact) mass is 186 g/mol. The molecule has 0 spiro atoms. The normalized spacial score (nSPS) is 14.6. The van der Waals surface area contributed by atoms with E-state index in [4.69, 9.17) is 0 Å². The zero-order chi connectivity index (χ0) is 10.1. The van der Waals surface area contributed by atoms with Gasteiger partial charge >= 0.3 is 0 Å². The smallest absolute Gasteiger partial charge is 0.155 e. The molecule has 0 heterocycles. The maximum Gasteiger partial charge on any atom is 0.155 e. The number of hydrogen-bond acceptors (Lipinski definition) is 1. The van der Waals surface area contributed by atoms with E-state index >= 15 is 0 Å². The van der Waals surface area contributed by atoms with Gasteiger partial charge in [-0.05, 0) is 49.5 Å². The van der Waals surface area contributed by atoms with Gasteiger partial charge in [0.15, 0.2) is 5.78 Å². The summed E-state index contributed by atoms with van der Waals surface area (Å²) >= 11 is 0. The molecule has 0 unspecified atom stereocenters. The van der Waals surface area contributed by atoms with Gasteiger partial charge in [0.05, 0.1) is 0 Å². The van der Waals surface area contributed by atoms with Crippen molar-refractivity contribution in [2.75, 3.05) is 0 Å². The van der Waals surface area contributed by atoms with Crippen LogP contribution in [-0.2, 0) is 11.2 Å². The fraction of sp³-hybridized carbons (Fsp3) is 0.308. The van der Waals surface area contributed by atoms with Gasteiger partial charge < -0.3 is 0 Å². The Morgan fingerprint density at radius 1 is 1.29 bits per heavy atom. The summed E-state index contributed by atoms with van der Waals surface area (Å²) in [4.78, 5) is 11.2. The lowest BCUT2D eigenvalue weighted by Crippen LogP contribution is -2.05. The molecule has 1 aliphatic rings. The van der Waals surface area contributed by atoms with Crippen LogP contribution in [0.15, 0.2) is 23.8 Å². The van der Waals surface area contributed by atoms with Crippen LogP contribution in [0, 0.1) is 6.92 Å². The summed E-state index contributed by atoms with van der Waals surface area (Å²) in [6.45, 7) is 3.72. The SMILES string of the molecule is CC(=O)C1=Cc2cc(C)ccc2CC1. The maximum atomic E-state index is 11.2. The highest BCUT2D eigenvalue weighted by atomic mass is 16.1. The van der Waals surface area contributed by atoms with E-state index in [-0.39, 0.29) is 5.78 Å². The Morgan fingerprint density at radius 2 is 2.07 bits per heavy atom. The lowest BCUT2D eigenvalue weighted by molar-refractivity contribution is -0.113. The van der Waals surface area contributed by atoms with E-state index in [0.717, 1.165) is 18.4 Å². The third-order valence-electron chi connectivity index (χ3n) is 2.75. The predicted molar refractivity (Wildman–Crippen MR) is 58.2 cm³/mol. The molecule has 1 heteroatoms. The first-order valence-electron chi connectivity index (χ1n) is 4.98. The van der Waals surface area contributed by atoms with Crippen LogP contribution in [0.4, 0.5) is 0 Å². The lowest BCUT2D eigenvalue weighted by atomic mass is 9.90. The molecule has 0 saturated carbocycles. The van der Waals surface area contributed by atoms with Gasteiger partial charge in [-0.2, -0.15) is 0 Å². The molecule has 0 bridgehead atoms. The Balaban J connectivity index is 2.47. The number of benzene rings is 1. The van der Waals surface area contributed by atoms with Crippen LogP contribution in [0.1, 0.15) is 30.0 Å². The van der Waals surface area contributed by atoms with Crippen LogP contribution in [0.25, 0.3) is 6.08 Å². The highest BCUT2D eigenvalue weighted by molar-refractivity contribution is 5.98. The molecule has 14 heavy (non-hydrogen) atoms. The van der Waals surface area contributed by atoms with Crippen molar-refractivity contribution in [3.05, 3.63) is 40.5 Å². The number of aryl methyl sites for hydroxylation is 2. The van der Waals surface area contributed by atoms with E-state index in [2.05, 4.69) is 25.1 Å². The third kappa shape index (κ3) is 1.63. The topological polar surface area (TPSA) is 17.1 Å². The van der Waals surface area contributed by atoms with Crippen LogP contribution in [0.5, 0.6) is 0 Å². The Morgan fingerprint density at radius 3 is 2.79 bits per heavy atom. The molecule has 0 saturated heterocycles. The molecule has 1 aromatic carbocycles. The third-order valence-corrected chi connectivity index (χ3v) is 2.75. The van der Waals surface area contributed by atoms with E-state index < -0.39 is 0 Å². The van der Waals surface area contributed by atoms with Crippen LogP contribution >= 0.6 is 0 Å². The molecule has 72 valence electrons. The van der Waals surface area contributed by atoms with E-state index in [0.29, 0.717) is 0 Å². The quantitative estimate of drug-likeness (QED) is 0.659. The molecule has 0 atom stereocenters. The molecule has 2 rings (SSSR count). The molecular weight excluding hydrogens is 172 g/mol. The van der Waals surface area contributed by atoms with Crippen LogP contribution < -0.4 is 0 Å². The minimum Gasteiger partial charge on any atom is -0.295 e. The molecule has 0 amide bonds. The van der Waals surface area contributed by atoms with Crippen molar-refractivity contribution in [3.63, 3.8) is 0 Å². The standard InChI is InChI=1S/C13H14O/c1-9-3-4-11-5-6-12(10(2)14)8-13(11)7-9/h3-4,7-8H,5-6H2,1-2H3. The maximum absolute atomic E-state index is 11.2. The van der Waals surface area contributed by atoms with Gasteiger partial charge in [-0.3, -0.25) is 4.79 Å². The van der Waals surface area contributed by atoms with E-state index in [9.17, 15) is 4.79 Å². The van der Waals surface area contributed by atoms with Gasteiger partial charge in [0.1, 0.15) is 0 Å². The summed E-state index contributed by atoms with van der Waals surface area (Å²) in [6, 6.07) is 6.45. The molecular formula is C13H14O. The predicted octanol–water partition coefficient (Wildman–Crippen LogP) is 2.91. The van der Waals surface area contributed by atoms with Crippen molar-refractivity contribution in [3.8, 4) is 0 Å². The lowest BCUT2D eigenvalue weighted by Gasteiger charge is -2.14. The minimum atomic E-state index is 0.206. The van der Waals surface area contributed by atoms with E-state index in [1.54, 1.807) is 6.92 Å². The Hall–Kier alpha value is -1.37. The number of ketones is 1. The number of rotatable bonds is 1. The Kier molecular flexibility index (Phi) is 2.24. The molecule has 0 radical (unpaired) electrons. The fourth-order valence-corrected chi connectivity index (χ4v) is 1.88. The average molecular weight is 186 g/mol. The summed E-state index contributed by atoms with van der Waals surface area (Å²) in [5.74, 6) is 0.206. The number of carbonyl (C=O) groups excluding carboxylic acids is 1. The molecule has 0 fully saturated rings. The summed E-state index contributed by atoms with van der Waals surface area (Å²) in [5, 5.41) is 0. The number of hydrogen-bond donors (Lipinski definition) is 0. The van der Waals surface area contributed by atoms with Gasteiger partial charge in [-0.25, -0.2) is 0 Å². The summed E-state index contributed by atoms with van der Waals surface area (Å²) in [7, 11) is 0. The Bertz CT molecular complexity index is 413. The minimum absolute atomic E-state index is 0.206. The Labute approximate surface area is 84.5 Å². The first-order valence-corrected chi connectivity index (χ1v) is 4.98. The number of Topliss-reactive ketones (excluding diaryl/α,β-unsaturated/α-hetero) is 1. The largest absolute Gasteiger partial charge is 0.295 e. The first kappa shape index (κ1) is 9.20. The van der Waals surface area contributed by atoms with E-state index in [1.165, 1.54) is 16.7 Å². The van der Waals surface area contributed by atoms with Crippen LogP contribution in [0.3, 0.4) is 0 Å². The fourth-order valence-electron chi connectivity index (χ4n) is 1.88. The summed E-state index contributed by atoms with van der Waals surface area (Å²) < 4.78 is 0. The summed E-state index contributed by atoms with van der Waals surface area (Å²) in [5.41, 5.74) is 4.80. The zero-order valence-corrected chi connectivity index (χ0v) is 8.63. The molecule has 0 aliphatic heterocycles. The molecule has 1 aromatic rings. The second-order valence-electron chi connectivity index (χ2n) is 3.93. The highest BCUT2D eigenvalue weighted by Gasteiger charge is 2.12. The van der Waals surface area contributed by atoms with Crippen molar-refractivity contribution in [2.45, 2.75) is 26.7 Å². The van der Waals surface area contributed by atoms with Crippen molar-refractivity contribution in [2.24, 2.45) is 0 Å². The van der Waals surface area contributed by atoms with Gasteiger partial charge in [0, 0.05) is 0 Å². The summed E-state index contributed by atoms with van der Waals surface area (Å²) in [6.07, 6.45) is 3.93. The van der Waals surface area contributed by atoms with Gasteiger partial charge in [0.2, 0.25) is 0 Å². The van der Waals surface area contributed by atoms with Crippen molar-refractivity contribution >= 4 is 11.9 Å². The molecule has 0 N–H and O–H groups in total. The number of allylic oxidation sites excluding steroid dienone is 1. The highest BCUT2D eigenvalue weighted by Crippen LogP contribution is 2.24. The zero-order valence-electron chi connectivity index (χ0n) is 8.63. The van der Waals surface area contributed by atoms with Crippen LogP contribution in [0.2, 0.25) is 0 Å². The average Bonchev–Trinajstić information content (AvgIpc) is 2.16. The van der Waals surface area contributed by atoms with Crippen molar-refractivity contribution < 1.29 is 4.79 Å². The van der Waals surface area contributed by atoms with Gasteiger partial charge in [-0.15, -0.1) is 0 Å². The molecule has 0 aromatic heterocycles. The number of fused-ring (bicyclic) bond motifs is 1. The van der Waals surface area contributed by atoms with Gasteiger partial charge in [-0.1, -0.05) is 23.8 Å². The van der Waals surface area contributed by atoms with Crippen molar-refractivity contribution in [1.29, 1.82) is 0 Å². The number of carbonyl (C=O) groups is 1. The van der Waals surface area contributed by atoms with Gasteiger partial charge in [0.25, 0.3) is 0 Å². The second-order valence-corrected chi connectivity index (χ2v) is 3.93. The molecule has 1 nitrogen and oxygen atoms in total. The van der Waals surface area contributed by atoms with Crippen LogP contribution in [-0.4, -0.2) is 5.78 Å². The second kappa shape index (κ2) is 3.41. The molecule has 1 aliphatic carbocycles. The first-order chi connectivity index (χ1) is 6.66. The van der Waals surface area contributed by atoms with Crippen molar-refractivity contribution in [1.82, 2.24) is 0 Å².